The maximum absolute atomic E-state index is 6.60. The number of fused-ring (bicyclic) bond motifs is 7. The quantitative estimate of drug-likeness (QED) is 0.168. The lowest BCUT2D eigenvalue weighted by atomic mass is 9.96. The Hall–Kier alpha value is -7.43. The molecule has 11 rings (SSSR count). The topological polar surface area (TPSA) is 51.8 Å². The molecule has 0 saturated carbocycles. The molecule has 55 heavy (non-hydrogen) atoms. The van der Waals surface area contributed by atoms with Gasteiger partial charge in [0.2, 0.25) is 0 Å². The molecule has 2 heterocycles. The van der Waals surface area contributed by atoms with E-state index in [0.29, 0.717) is 17.5 Å². The average molecular weight is 702 g/mol. The van der Waals surface area contributed by atoms with Crippen molar-refractivity contribution < 1.29 is 4.42 Å². The number of nitrogens with zero attached hydrogens (tertiary/aromatic N) is 3. The van der Waals surface area contributed by atoms with Gasteiger partial charge in [-0.3, -0.25) is 0 Å². The van der Waals surface area contributed by atoms with Gasteiger partial charge >= 0.3 is 0 Å². The van der Waals surface area contributed by atoms with Crippen LogP contribution in [-0.4, -0.2) is 15.0 Å². The van der Waals surface area contributed by atoms with Gasteiger partial charge in [0.1, 0.15) is 11.2 Å². The minimum absolute atomic E-state index is 0.596. The second-order valence-corrected chi connectivity index (χ2v) is 14.0. The Morgan fingerprint density at radius 2 is 0.873 bits per heavy atom. The number of hydrogen-bond acceptors (Lipinski definition) is 4. The number of benzene rings is 9. The summed E-state index contributed by atoms with van der Waals surface area (Å²) in [5.74, 6) is 1.83. The molecule has 0 aliphatic heterocycles. The highest BCUT2D eigenvalue weighted by molar-refractivity contribution is 6.13. The van der Waals surface area contributed by atoms with Crippen molar-refractivity contribution in [3.05, 3.63) is 188 Å². The summed E-state index contributed by atoms with van der Waals surface area (Å²) in [5, 5.41) is 9.26. The van der Waals surface area contributed by atoms with Crippen LogP contribution in [0.2, 0.25) is 0 Å². The van der Waals surface area contributed by atoms with Crippen LogP contribution < -0.4 is 0 Å². The highest BCUT2D eigenvalue weighted by Gasteiger charge is 2.19. The molecular weight excluding hydrogens is 671 g/mol. The Kier molecular flexibility index (Phi) is 7.14. The van der Waals surface area contributed by atoms with Crippen molar-refractivity contribution in [3.63, 3.8) is 0 Å². The van der Waals surface area contributed by atoms with Crippen LogP contribution >= 0.6 is 0 Å². The van der Waals surface area contributed by atoms with E-state index in [2.05, 4.69) is 170 Å². The predicted octanol–water partition coefficient (Wildman–Crippen LogP) is 13.6. The molecule has 0 spiro atoms. The first-order valence-corrected chi connectivity index (χ1v) is 18.5. The van der Waals surface area contributed by atoms with Gasteiger partial charge in [0.15, 0.2) is 17.5 Å². The minimum atomic E-state index is 0.596. The highest BCUT2D eigenvalue weighted by Crippen LogP contribution is 2.39. The average Bonchev–Trinajstić information content (AvgIpc) is 3.64. The van der Waals surface area contributed by atoms with Crippen molar-refractivity contribution in [2.24, 2.45) is 0 Å². The van der Waals surface area contributed by atoms with E-state index in [4.69, 9.17) is 19.4 Å². The summed E-state index contributed by atoms with van der Waals surface area (Å²) in [6.45, 7) is 0. The van der Waals surface area contributed by atoms with E-state index in [-0.39, 0.29) is 0 Å². The second kappa shape index (κ2) is 12.6. The molecule has 2 aromatic heterocycles. The predicted molar refractivity (Wildman–Crippen MR) is 227 cm³/mol. The van der Waals surface area contributed by atoms with E-state index in [1.165, 1.54) is 26.9 Å². The zero-order valence-electron chi connectivity index (χ0n) is 29.6. The normalized spacial score (nSPS) is 11.6. The molecule has 11 aromatic rings. The molecule has 0 aliphatic carbocycles. The summed E-state index contributed by atoms with van der Waals surface area (Å²) < 4.78 is 6.60. The van der Waals surface area contributed by atoms with Gasteiger partial charge in [0.25, 0.3) is 0 Å². The van der Waals surface area contributed by atoms with E-state index in [0.717, 1.165) is 66.3 Å². The Morgan fingerprint density at radius 3 is 1.73 bits per heavy atom. The first kappa shape index (κ1) is 31.1. The van der Waals surface area contributed by atoms with Crippen LogP contribution in [0.5, 0.6) is 0 Å². The molecule has 0 unspecified atom stereocenters. The zero-order chi connectivity index (χ0) is 36.3. The van der Waals surface area contributed by atoms with E-state index in [9.17, 15) is 0 Å². The van der Waals surface area contributed by atoms with E-state index in [1.54, 1.807) is 0 Å². The highest BCUT2D eigenvalue weighted by atomic mass is 16.3. The molecule has 0 saturated heterocycles. The van der Waals surface area contributed by atoms with Crippen LogP contribution in [0.1, 0.15) is 0 Å². The molecular formula is C51H31N3O. The second-order valence-electron chi connectivity index (χ2n) is 14.0. The Morgan fingerprint density at radius 1 is 0.291 bits per heavy atom. The van der Waals surface area contributed by atoms with Gasteiger partial charge in [0.05, 0.1) is 0 Å². The third kappa shape index (κ3) is 5.43. The molecule has 4 nitrogen and oxygen atoms in total. The third-order valence-corrected chi connectivity index (χ3v) is 10.7. The lowest BCUT2D eigenvalue weighted by molar-refractivity contribution is 0.669. The summed E-state index contributed by atoms with van der Waals surface area (Å²) >= 11 is 0. The monoisotopic (exact) mass is 701 g/mol. The third-order valence-electron chi connectivity index (χ3n) is 10.7. The van der Waals surface area contributed by atoms with Crippen molar-refractivity contribution in [3.8, 4) is 56.4 Å². The van der Waals surface area contributed by atoms with Gasteiger partial charge in [0, 0.05) is 27.5 Å². The number of rotatable bonds is 5. The van der Waals surface area contributed by atoms with Gasteiger partial charge in [-0.25, -0.2) is 15.0 Å². The van der Waals surface area contributed by atoms with Gasteiger partial charge < -0.3 is 4.42 Å². The zero-order valence-corrected chi connectivity index (χ0v) is 29.6. The van der Waals surface area contributed by atoms with Crippen LogP contribution in [0.4, 0.5) is 0 Å². The minimum Gasteiger partial charge on any atom is -0.456 e. The maximum atomic E-state index is 6.60. The van der Waals surface area contributed by atoms with E-state index in [1.807, 2.05) is 18.2 Å². The van der Waals surface area contributed by atoms with Gasteiger partial charge in [-0.2, -0.15) is 0 Å². The molecule has 0 bridgehead atoms. The standard InChI is InChI=1S/C51H31N3O/c1-2-9-32(10-3-1)34-17-23-37(24-18-34)49-52-50(41-26-19-33-11-4-5-13-38(33)29-41)54-51(53-49)44-15-8-16-46-48(44)43-28-27-40(31-47(43)55-46)39-25-22-36-21-20-35-12-6-7-14-42(35)45(36)30-39/h1-31H. The fourth-order valence-electron chi connectivity index (χ4n) is 7.90. The van der Waals surface area contributed by atoms with Crippen molar-refractivity contribution in [2.45, 2.75) is 0 Å². The summed E-state index contributed by atoms with van der Waals surface area (Å²) in [4.78, 5) is 15.4. The lowest BCUT2D eigenvalue weighted by Gasteiger charge is -2.10. The molecule has 0 fully saturated rings. The Bertz CT molecular complexity index is 3260. The smallest absolute Gasteiger partial charge is 0.164 e. The van der Waals surface area contributed by atoms with Crippen LogP contribution in [0.15, 0.2) is 192 Å². The molecule has 0 N–H and O–H groups in total. The largest absolute Gasteiger partial charge is 0.456 e. The van der Waals surface area contributed by atoms with Crippen molar-refractivity contribution in [1.82, 2.24) is 15.0 Å². The molecule has 9 aromatic carbocycles. The van der Waals surface area contributed by atoms with Crippen molar-refractivity contribution >= 4 is 54.3 Å². The van der Waals surface area contributed by atoms with Crippen molar-refractivity contribution in [2.75, 3.05) is 0 Å². The van der Waals surface area contributed by atoms with E-state index >= 15 is 0 Å². The molecule has 4 heteroatoms. The lowest BCUT2D eigenvalue weighted by Crippen LogP contribution is -2.00. The molecule has 0 aliphatic rings. The maximum Gasteiger partial charge on any atom is 0.164 e. The Labute approximate surface area is 317 Å². The molecule has 0 amide bonds. The van der Waals surface area contributed by atoms with Gasteiger partial charge in [-0.1, -0.05) is 158 Å². The van der Waals surface area contributed by atoms with Crippen LogP contribution in [0, 0.1) is 0 Å². The van der Waals surface area contributed by atoms with Gasteiger partial charge in [-0.05, 0) is 84.9 Å². The Balaban J connectivity index is 1.06. The first-order valence-electron chi connectivity index (χ1n) is 18.5. The first-order chi connectivity index (χ1) is 27.2. The van der Waals surface area contributed by atoms with Gasteiger partial charge in [-0.15, -0.1) is 0 Å². The van der Waals surface area contributed by atoms with E-state index < -0.39 is 0 Å². The summed E-state index contributed by atoms with van der Waals surface area (Å²) in [5.41, 5.74) is 8.90. The van der Waals surface area contributed by atoms with Crippen LogP contribution in [0.25, 0.3) is 111 Å². The number of furan rings is 1. The van der Waals surface area contributed by atoms with Crippen molar-refractivity contribution in [1.29, 1.82) is 0 Å². The SMILES string of the molecule is c1ccc(-c2ccc(-c3nc(-c4ccc5ccccc5c4)nc(-c4cccc5oc6cc(-c7ccc8ccc9ccccc9c8c7)ccc6c45)n3)cc2)cc1. The fraction of sp³-hybridized carbons (Fsp3) is 0. The van der Waals surface area contributed by atoms with Crippen LogP contribution in [0.3, 0.4) is 0 Å². The van der Waals surface area contributed by atoms with Crippen LogP contribution in [-0.2, 0) is 0 Å². The summed E-state index contributed by atoms with van der Waals surface area (Å²) in [6.07, 6.45) is 0. The number of hydrogen-bond donors (Lipinski definition) is 0. The summed E-state index contributed by atoms with van der Waals surface area (Å²) in [6, 6.07) is 65.9. The number of aromatic nitrogens is 3. The molecule has 0 atom stereocenters. The fourth-order valence-corrected chi connectivity index (χ4v) is 7.90. The molecule has 0 radical (unpaired) electrons. The molecule has 256 valence electrons. The summed E-state index contributed by atoms with van der Waals surface area (Å²) in [7, 11) is 0.